The second-order valence-electron chi connectivity index (χ2n) is 5.84. The van der Waals surface area contributed by atoms with Gasteiger partial charge in [-0.1, -0.05) is 72.8 Å². The van der Waals surface area contributed by atoms with Crippen molar-refractivity contribution in [3.05, 3.63) is 102 Å². The van der Waals surface area contributed by atoms with Gasteiger partial charge in [0.1, 0.15) is 11.9 Å². The molecule has 0 fully saturated rings. The van der Waals surface area contributed by atoms with Crippen molar-refractivity contribution in [3.63, 3.8) is 0 Å². The van der Waals surface area contributed by atoms with E-state index in [0.29, 0.717) is 12.4 Å². The molecule has 118 valence electrons. The Morgan fingerprint density at radius 1 is 0.792 bits per heavy atom. The molecule has 4 rings (SSSR count). The molecule has 1 heterocycles. The number of aliphatic hydroxyl groups excluding tert-OH is 1. The summed E-state index contributed by atoms with van der Waals surface area (Å²) >= 11 is 0. The number of imidazole rings is 1. The number of aromatic nitrogens is 2. The standard InChI is InChI=1S/C21H18N2O/c24-20(17-11-5-2-6-12-17)21-22-18-13-7-8-14-19(18)23(21)15-16-9-3-1-4-10-16/h1-14,20,24H,15H2/t20-/m1/s1. The Morgan fingerprint density at radius 3 is 2.17 bits per heavy atom. The van der Waals surface area contributed by atoms with Crippen molar-refractivity contribution in [3.8, 4) is 0 Å². The Labute approximate surface area is 140 Å². The summed E-state index contributed by atoms with van der Waals surface area (Å²) in [6, 6.07) is 27.9. The minimum absolute atomic E-state index is 0.672. The van der Waals surface area contributed by atoms with E-state index in [9.17, 15) is 5.11 Å². The van der Waals surface area contributed by atoms with E-state index in [2.05, 4.69) is 16.7 Å². The number of fused-ring (bicyclic) bond motifs is 1. The number of hydrogen-bond acceptors (Lipinski definition) is 2. The molecule has 1 N–H and O–H groups in total. The third kappa shape index (κ3) is 2.70. The first kappa shape index (κ1) is 14.7. The van der Waals surface area contributed by atoms with E-state index < -0.39 is 6.10 Å². The fourth-order valence-electron chi connectivity index (χ4n) is 3.02. The highest BCUT2D eigenvalue weighted by Gasteiger charge is 2.19. The Hall–Kier alpha value is -2.91. The fraction of sp³-hybridized carbons (Fsp3) is 0.0952. The van der Waals surface area contributed by atoms with Crippen molar-refractivity contribution in [2.45, 2.75) is 12.6 Å². The van der Waals surface area contributed by atoms with Crippen LogP contribution in [0.2, 0.25) is 0 Å². The van der Waals surface area contributed by atoms with Crippen LogP contribution in [0.5, 0.6) is 0 Å². The molecular formula is C21H18N2O. The monoisotopic (exact) mass is 314 g/mol. The molecule has 0 saturated heterocycles. The third-order valence-corrected chi connectivity index (χ3v) is 4.23. The van der Waals surface area contributed by atoms with E-state index in [1.54, 1.807) is 0 Å². The second kappa shape index (κ2) is 6.30. The van der Waals surface area contributed by atoms with Gasteiger partial charge in [0.15, 0.2) is 0 Å². The van der Waals surface area contributed by atoms with Gasteiger partial charge in [0, 0.05) is 6.54 Å². The van der Waals surface area contributed by atoms with Crippen LogP contribution in [0.1, 0.15) is 23.1 Å². The van der Waals surface area contributed by atoms with Crippen LogP contribution in [0.25, 0.3) is 11.0 Å². The van der Waals surface area contributed by atoms with Crippen LogP contribution in [0, 0.1) is 0 Å². The lowest BCUT2D eigenvalue weighted by atomic mass is 10.1. The Bertz CT molecular complexity index is 945. The smallest absolute Gasteiger partial charge is 0.143 e. The molecule has 0 unspecified atom stereocenters. The molecule has 4 aromatic rings. The van der Waals surface area contributed by atoms with Crippen molar-refractivity contribution >= 4 is 11.0 Å². The third-order valence-electron chi connectivity index (χ3n) is 4.23. The Morgan fingerprint density at radius 2 is 1.42 bits per heavy atom. The van der Waals surface area contributed by atoms with Crippen molar-refractivity contribution in [2.24, 2.45) is 0 Å². The van der Waals surface area contributed by atoms with E-state index >= 15 is 0 Å². The molecule has 0 spiro atoms. The lowest BCUT2D eigenvalue weighted by Gasteiger charge is -2.14. The second-order valence-corrected chi connectivity index (χ2v) is 5.84. The van der Waals surface area contributed by atoms with Crippen LogP contribution in [0.15, 0.2) is 84.9 Å². The lowest BCUT2D eigenvalue weighted by Crippen LogP contribution is -2.11. The van der Waals surface area contributed by atoms with Crippen LogP contribution in [-0.2, 0) is 6.54 Å². The predicted octanol–water partition coefficient (Wildman–Crippen LogP) is 4.17. The number of nitrogens with zero attached hydrogens (tertiary/aromatic N) is 2. The summed E-state index contributed by atoms with van der Waals surface area (Å²) < 4.78 is 2.10. The van der Waals surface area contributed by atoms with Gasteiger partial charge in [-0.15, -0.1) is 0 Å². The molecule has 0 bridgehead atoms. The molecular weight excluding hydrogens is 296 g/mol. The molecule has 0 aliphatic heterocycles. The summed E-state index contributed by atoms with van der Waals surface area (Å²) in [7, 11) is 0. The first-order valence-electron chi connectivity index (χ1n) is 8.05. The molecule has 0 aliphatic carbocycles. The minimum atomic E-state index is -0.748. The van der Waals surface area contributed by atoms with Crippen molar-refractivity contribution < 1.29 is 5.11 Å². The van der Waals surface area contributed by atoms with Gasteiger partial charge in [-0.2, -0.15) is 0 Å². The van der Waals surface area contributed by atoms with Gasteiger partial charge < -0.3 is 9.67 Å². The van der Waals surface area contributed by atoms with Gasteiger partial charge in [0.05, 0.1) is 11.0 Å². The maximum Gasteiger partial charge on any atom is 0.143 e. The van der Waals surface area contributed by atoms with Crippen LogP contribution in [0.4, 0.5) is 0 Å². The van der Waals surface area contributed by atoms with Gasteiger partial charge in [0.25, 0.3) is 0 Å². The largest absolute Gasteiger partial charge is 0.380 e. The zero-order valence-electron chi connectivity index (χ0n) is 13.2. The van der Waals surface area contributed by atoms with Crippen molar-refractivity contribution in [2.75, 3.05) is 0 Å². The van der Waals surface area contributed by atoms with Gasteiger partial charge in [0.2, 0.25) is 0 Å². The average molecular weight is 314 g/mol. The first-order chi connectivity index (χ1) is 11.8. The summed E-state index contributed by atoms with van der Waals surface area (Å²) in [6.07, 6.45) is -0.748. The van der Waals surface area contributed by atoms with Crippen LogP contribution in [0.3, 0.4) is 0 Å². The molecule has 24 heavy (non-hydrogen) atoms. The van der Waals surface area contributed by atoms with Crippen molar-refractivity contribution in [1.82, 2.24) is 9.55 Å². The number of para-hydroxylation sites is 2. The number of hydrogen-bond donors (Lipinski definition) is 1. The highest BCUT2D eigenvalue weighted by molar-refractivity contribution is 5.76. The topological polar surface area (TPSA) is 38.1 Å². The predicted molar refractivity (Wildman–Crippen MR) is 95.8 cm³/mol. The summed E-state index contributed by atoms with van der Waals surface area (Å²) in [5.74, 6) is 0.672. The SMILES string of the molecule is O[C@H](c1ccccc1)c1nc2ccccc2n1Cc1ccccc1. The normalized spacial score (nSPS) is 12.4. The van der Waals surface area contributed by atoms with Gasteiger partial charge in [-0.05, 0) is 23.3 Å². The molecule has 0 radical (unpaired) electrons. The van der Waals surface area contributed by atoms with Crippen molar-refractivity contribution in [1.29, 1.82) is 0 Å². The lowest BCUT2D eigenvalue weighted by molar-refractivity contribution is 0.206. The molecule has 0 saturated carbocycles. The van der Waals surface area contributed by atoms with E-state index in [4.69, 9.17) is 4.98 Å². The number of aliphatic hydroxyl groups is 1. The van der Waals surface area contributed by atoms with Gasteiger partial charge >= 0.3 is 0 Å². The van der Waals surface area contributed by atoms with E-state index in [0.717, 1.165) is 16.6 Å². The first-order valence-corrected chi connectivity index (χ1v) is 8.05. The molecule has 1 atom stereocenters. The molecule has 3 nitrogen and oxygen atoms in total. The molecule has 0 aliphatic rings. The van der Waals surface area contributed by atoms with Crippen LogP contribution in [-0.4, -0.2) is 14.7 Å². The van der Waals surface area contributed by atoms with E-state index in [1.807, 2.05) is 72.8 Å². The Balaban J connectivity index is 1.84. The highest BCUT2D eigenvalue weighted by Crippen LogP contribution is 2.26. The Kier molecular flexibility index (Phi) is 3.85. The molecule has 0 amide bonds. The summed E-state index contributed by atoms with van der Waals surface area (Å²) in [6.45, 7) is 0.681. The maximum absolute atomic E-state index is 10.9. The zero-order chi connectivity index (χ0) is 16.4. The van der Waals surface area contributed by atoms with Crippen LogP contribution < -0.4 is 0 Å². The quantitative estimate of drug-likeness (QED) is 0.614. The summed E-state index contributed by atoms with van der Waals surface area (Å²) in [5.41, 5.74) is 3.97. The number of rotatable bonds is 4. The molecule has 3 aromatic carbocycles. The summed E-state index contributed by atoms with van der Waals surface area (Å²) in [5, 5.41) is 10.9. The maximum atomic E-state index is 10.9. The molecule has 3 heteroatoms. The van der Waals surface area contributed by atoms with Gasteiger partial charge in [-0.25, -0.2) is 4.98 Å². The van der Waals surface area contributed by atoms with Crippen LogP contribution >= 0.6 is 0 Å². The summed E-state index contributed by atoms with van der Waals surface area (Å²) in [4.78, 5) is 4.70. The van der Waals surface area contributed by atoms with E-state index in [-0.39, 0.29) is 0 Å². The number of benzene rings is 3. The highest BCUT2D eigenvalue weighted by atomic mass is 16.3. The van der Waals surface area contributed by atoms with E-state index in [1.165, 1.54) is 5.56 Å². The molecule has 1 aromatic heterocycles. The van der Waals surface area contributed by atoms with Gasteiger partial charge in [-0.3, -0.25) is 0 Å². The average Bonchev–Trinajstić information content (AvgIpc) is 3.01. The fourth-order valence-corrected chi connectivity index (χ4v) is 3.02. The zero-order valence-corrected chi connectivity index (χ0v) is 13.2. The minimum Gasteiger partial charge on any atom is -0.380 e.